The molecule has 1 saturated heterocycles. The number of esters is 1. The number of fused-ring (bicyclic) bond motifs is 2. The minimum absolute atomic E-state index is 0.211. The van der Waals surface area contributed by atoms with Gasteiger partial charge in [0.25, 0.3) is 0 Å². The smallest absolute Gasteiger partial charge is 0.338 e. The number of nitrogens with zero attached hydrogens (tertiary/aromatic N) is 4. The highest BCUT2D eigenvalue weighted by Crippen LogP contribution is 2.38. The minimum Gasteiger partial charge on any atom is -0.471 e. The quantitative estimate of drug-likeness (QED) is 0.601. The van der Waals surface area contributed by atoms with Crippen molar-refractivity contribution in [3.05, 3.63) is 70.0 Å². The Morgan fingerprint density at radius 1 is 1.21 bits per heavy atom. The van der Waals surface area contributed by atoms with Gasteiger partial charge in [-0.2, -0.15) is 5.10 Å². The molecule has 8 heteroatoms. The Bertz CT molecular complexity index is 1280. The van der Waals surface area contributed by atoms with Crippen molar-refractivity contribution in [1.82, 2.24) is 20.0 Å². The molecule has 4 heterocycles. The van der Waals surface area contributed by atoms with Crippen molar-refractivity contribution in [1.29, 1.82) is 0 Å². The minimum atomic E-state index is -0.211. The molecule has 3 aromatic rings. The van der Waals surface area contributed by atoms with E-state index < -0.39 is 0 Å². The van der Waals surface area contributed by atoms with Gasteiger partial charge in [-0.3, -0.25) is 4.90 Å². The summed E-state index contributed by atoms with van der Waals surface area (Å²) in [6, 6.07) is 8.48. The van der Waals surface area contributed by atoms with Crippen LogP contribution in [-0.2, 0) is 17.9 Å². The number of ether oxygens (including phenoxy) is 2. The number of piperazine rings is 1. The maximum atomic E-state index is 11.9. The average Bonchev–Trinajstić information content (AvgIpc) is 3.54. The lowest BCUT2D eigenvalue weighted by atomic mass is 9.93. The van der Waals surface area contributed by atoms with Crippen LogP contribution in [0.25, 0.3) is 5.69 Å². The average molecular weight is 460 g/mol. The van der Waals surface area contributed by atoms with Crippen molar-refractivity contribution in [3.8, 4) is 11.4 Å². The maximum Gasteiger partial charge on any atom is 0.338 e. The lowest BCUT2D eigenvalue weighted by molar-refractivity contribution is 0.0535. The lowest BCUT2D eigenvalue weighted by Crippen LogP contribution is -2.45. The third kappa shape index (κ3) is 3.54. The summed E-state index contributed by atoms with van der Waals surface area (Å²) in [7, 11) is 2.04. The molecule has 176 valence electrons. The van der Waals surface area contributed by atoms with E-state index in [9.17, 15) is 4.79 Å². The molecular weight excluding hydrogens is 430 g/mol. The Labute approximate surface area is 199 Å². The van der Waals surface area contributed by atoms with Gasteiger partial charge >= 0.3 is 5.97 Å². The Kier molecular flexibility index (Phi) is 5.08. The second kappa shape index (κ2) is 8.14. The Hall–Kier alpha value is -3.36. The first kappa shape index (κ1) is 21.2. The van der Waals surface area contributed by atoms with E-state index in [1.54, 1.807) is 0 Å². The van der Waals surface area contributed by atoms with Gasteiger partial charge in [-0.25, -0.2) is 9.48 Å². The number of carbonyl (C=O) groups excluding carboxylic acids is 1. The summed E-state index contributed by atoms with van der Waals surface area (Å²) >= 11 is 0. The third-order valence-electron chi connectivity index (χ3n) is 7.20. The number of hydrogen-bond acceptors (Lipinski definition) is 7. The predicted octanol–water partition coefficient (Wildman–Crippen LogP) is 3.09. The predicted molar refractivity (Wildman–Crippen MR) is 129 cm³/mol. The van der Waals surface area contributed by atoms with Crippen molar-refractivity contribution in [3.63, 3.8) is 0 Å². The van der Waals surface area contributed by atoms with Crippen LogP contribution in [0.2, 0.25) is 0 Å². The van der Waals surface area contributed by atoms with Gasteiger partial charge in [-0.15, -0.1) is 0 Å². The van der Waals surface area contributed by atoms with Crippen LogP contribution in [0.5, 0.6) is 5.75 Å². The molecule has 2 aromatic carbocycles. The van der Waals surface area contributed by atoms with Crippen LogP contribution in [0.15, 0.2) is 36.7 Å². The van der Waals surface area contributed by atoms with Gasteiger partial charge in [0.2, 0.25) is 0 Å². The van der Waals surface area contributed by atoms with Gasteiger partial charge in [0.05, 0.1) is 23.1 Å². The third-order valence-corrected chi connectivity index (χ3v) is 7.20. The summed E-state index contributed by atoms with van der Waals surface area (Å²) in [5, 5.41) is 8.31. The van der Waals surface area contributed by atoms with E-state index in [1.807, 2.05) is 24.0 Å². The fraction of sp³-hybridized carbons (Fsp3) is 0.385. The van der Waals surface area contributed by atoms with Crippen LogP contribution < -0.4 is 15.0 Å². The van der Waals surface area contributed by atoms with Crippen LogP contribution in [0.1, 0.15) is 44.2 Å². The molecule has 0 aliphatic carbocycles. The van der Waals surface area contributed by atoms with Crippen LogP contribution in [0.3, 0.4) is 0 Å². The molecule has 1 atom stereocenters. The first-order valence-electron chi connectivity index (χ1n) is 11.8. The Morgan fingerprint density at radius 3 is 2.97 bits per heavy atom. The maximum absolute atomic E-state index is 11.9. The molecule has 34 heavy (non-hydrogen) atoms. The van der Waals surface area contributed by atoms with Gasteiger partial charge in [-0.05, 0) is 48.7 Å². The van der Waals surface area contributed by atoms with Crippen molar-refractivity contribution in [2.75, 3.05) is 38.3 Å². The fourth-order valence-corrected chi connectivity index (χ4v) is 5.32. The molecule has 0 amide bonds. The highest BCUT2D eigenvalue weighted by molar-refractivity contribution is 5.94. The molecule has 3 aliphatic heterocycles. The zero-order valence-corrected chi connectivity index (χ0v) is 19.8. The number of aryl methyl sites for hydroxylation is 1. The highest BCUT2D eigenvalue weighted by atomic mass is 16.5. The van der Waals surface area contributed by atoms with Gasteiger partial charge in [0, 0.05) is 56.6 Å². The molecule has 0 radical (unpaired) electrons. The van der Waals surface area contributed by atoms with Crippen molar-refractivity contribution < 1.29 is 14.3 Å². The molecule has 1 N–H and O–H groups in total. The van der Waals surface area contributed by atoms with Gasteiger partial charge in [0.1, 0.15) is 12.4 Å². The largest absolute Gasteiger partial charge is 0.471 e. The zero-order valence-electron chi connectivity index (χ0n) is 19.8. The Balaban J connectivity index is 1.18. The van der Waals surface area contributed by atoms with E-state index in [2.05, 4.69) is 58.5 Å². The second-order valence-electron chi connectivity index (χ2n) is 9.50. The molecular formula is C26H29N5O3. The summed E-state index contributed by atoms with van der Waals surface area (Å²) in [6.07, 6.45) is 4.08. The van der Waals surface area contributed by atoms with Gasteiger partial charge in [0.15, 0.2) is 6.73 Å². The lowest BCUT2D eigenvalue weighted by Gasteiger charge is -2.34. The van der Waals surface area contributed by atoms with Crippen LogP contribution in [0.4, 0.5) is 5.69 Å². The highest BCUT2D eigenvalue weighted by Gasteiger charge is 2.28. The molecule has 3 aliphatic rings. The summed E-state index contributed by atoms with van der Waals surface area (Å²) < 4.78 is 13.0. The summed E-state index contributed by atoms with van der Waals surface area (Å²) in [5.41, 5.74) is 8.61. The molecule has 1 aromatic heterocycles. The van der Waals surface area contributed by atoms with Crippen LogP contribution >= 0.6 is 0 Å². The van der Waals surface area contributed by atoms with E-state index in [4.69, 9.17) is 9.47 Å². The summed E-state index contributed by atoms with van der Waals surface area (Å²) in [4.78, 5) is 16.5. The monoisotopic (exact) mass is 459 g/mol. The van der Waals surface area contributed by atoms with E-state index in [0.717, 1.165) is 60.0 Å². The van der Waals surface area contributed by atoms with E-state index in [0.29, 0.717) is 18.9 Å². The molecule has 0 spiro atoms. The number of hydrogen-bond donors (Lipinski definition) is 1. The summed E-state index contributed by atoms with van der Waals surface area (Å²) in [6.45, 7) is 8.79. The van der Waals surface area contributed by atoms with Gasteiger partial charge in [-0.1, -0.05) is 6.07 Å². The van der Waals surface area contributed by atoms with E-state index >= 15 is 0 Å². The number of carbonyl (C=O) groups is 1. The number of rotatable bonds is 4. The van der Waals surface area contributed by atoms with Crippen molar-refractivity contribution in [2.45, 2.75) is 33.0 Å². The summed E-state index contributed by atoms with van der Waals surface area (Å²) in [5.74, 6) is 0.751. The zero-order chi connectivity index (χ0) is 23.4. The van der Waals surface area contributed by atoms with E-state index in [-0.39, 0.29) is 12.0 Å². The van der Waals surface area contributed by atoms with Crippen molar-refractivity contribution in [2.24, 2.45) is 0 Å². The number of aromatic nitrogens is 2. The van der Waals surface area contributed by atoms with Gasteiger partial charge < -0.3 is 19.7 Å². The first-order chi connectivity index (χ1) is 16.5. The molecule has 1 fully saturated rings. The van der Waals surface area contributed by atoms with Crippen LogP contribution in [0, 0.1) is 13.8 Å². The molecule has 0 saturated carbocycles. The first-order valence-corrected chi connectivity index (χ1v) is 11.8. The van der Waals surface area contributed by atoms with Crippen LogP contribution in [-0.4, -0.2) is 54.1 Å². The number of anilines is 1. The molecule has 0 unspecified atom stereocenters. The van der Waals surface area contributed by atoms with E-state index in [1.165, 1.54) is 11.1 Å². The Morgan fingerprint density at radius 2 is 2.09 bits per heavy atom. The number of nitrogens with one attached hydrogen (secondary N) is 1. The number of benzene rings is 2. The molecule has 8 nitrogen and oxygen atoms in total. The van der Waals surface area contributed by atoms with Crippen molar-refractivity contribution >= 4 is 11.7 Å². The number of cyclic esters (lactones) is 1. The fourth-order valence-electron chi connectivity index (χ4n) is 5.32. The molecule has 6 rings (SSSR count). The SMILES string of the molecule is Cc1cc(-n2cc(CN3CCN[C@H](c4ccc5c(c4C)COC5=O)C3)cn2)cc2c1OCN2C. The standard InChI is InChI=1S/C26H29N5O3/c1-16-8-19(9-24-25(16)34-15-29(24)3)31-12-18(10-28-31)11-30-7-6-27-23(13-30)20-4-5-21-22(17(20)2)14-33-26(21)32/h4-5,8-10,12,23,27H,6-7,11,13-15H2,1-3H3/t23-/m0/s1. The second-order valence-corrected chi connectivity index (χ2v) is 9.50. The molecule has 0 bridgehead atoms. The topological polar surface area (TPSA) is 71.9 Å². The normalized spacial score (nSPS) is 19.7.